The quantitative estimate of drug-likeness (QED) is 0.552. The van der Waals surface area contributed by atoms with Crippen molar-refractivity contribution >= 4 is 24.0 Å². The Bertz CT molecular complexity index is 519. The number of nitrogens with one attached hydrogen (secondary N) is 1. The summed E-state index contributed by atoms with van der Waals surface area (Å²) in [6.45, 7) is 11.2. The summed E-state index contributed by atoms with van der Waals surface area (Å²) >= 11 is 0. The molecule has 3 amide bonds. The fourth-order valence-electron chi connectivity index (χ4n) is 2.73. The monoisotopic (exact) mass is 383 g/mol. The van der Waals surface area contributed by atoms with Crippen molar-refractivity contribution in [2.75, 3.05) is 14.1 Å². The van der Waals surface area contributed by atoms with E-state index in [4.69, 9.17) is 0 Å². The molecule has 0 aromatic rings. The van der Waals surface area contributed by atoms with Gasteiger partial charge in [-0.05, 0) is 31.6 Å². The van der Waals surface area contributed by atoms with Gasteiger partial charge in [-0.1, -0.05) is 34.6 Å². The molecule has 1 N–H and O–H groups in total. The van der Waals surface area contributed by atoms with E-state index < -0.39 is 18.1 Å². The molecular weight excluding hydrogens is 346 g/mol. The summed E-state index contributed by atoms with van der Waals surface area (Å²) in [5.41, 5.74) is 0. The van der Waals surface area contributed by atoms with E-state index >= 15 is 0 Å². The zero-order valence-electron chi connectivity index (χ0n) is 18.1. The van der Waals surface area contributed by atoms with Crippen LogP contribution >= 0.6 is 0 Å². The van der Waals surface area contributed by atoms with E-state index in [1.807, 2.05) is 34.6 Å². The van der Waals surface area contributed by atoms with E-state index in [1.165, 1.54) is 9.80 Å². The van der Waals surface area contributed by atoms with Gasteiger partial charge in [0.25, 0.3) is 0 Å². The predicted molar refractivity (Wildman–Crippen MR) is 106 cm³/mol. The van der Waals surface area contributed by atoms with Crippen molar-refractivity contribution in [2.24, 2.45) is 11.8 Å². The Morgan fingerprint density at radius 1 is 1.00 bits per heavy atom. The summed E-state index contributed by atoms with van der Waals surface area (Å²) < 4.78 is 0. The van der Waals surface area contributed by atoms with Gasteiger partial charge in [0.1, 0.15) is 18.4 Å². The topological polar surface area (TPSA) is 86.8 Å². The summed E-state index contributed by atoms with van der Waals surface area (Å²) in [7, 11) is 3.18. The normalized spacial score (nSPS) is 14.4. The number of rotatable bonds is 11. The average Bonchev–Trinajstić information content (AvgIpc) is 2.61. The van der Waals surface area contributed by atoms with Gasteiger partial charge < -0.3 is 19.9 Å². The lowest BCUT2D eigenvalue weighted by atomic mass is 9.99. The van der Waals surface area contributed by atoms with Crippen molar-refractivity contribution in [3.63, 3.8) is 0 Å². The molecule has 0 aliphatic carbocycles. The third kappa shape index (κ3) is 7.69. The van der Waals surface area contributed by atoms with Gasteiger partial charge >= 0.3 is 0 Å². The van der Waals surface area contributed by atoms with Gasteiger partial charge in [-0.25, -0.2) is 0 Å². The van der Waals surface area contributed by atoms with Crippen LogP contribution in [0, 0.1) is 11.8 Å². The SMILES string of the molecule is CCCC(=O)N(C)[C@H](C)C(=O)N(C)C(CC(C)C)C(=O)N[C@H](C=O)C(C)C. The first kappa shape index (κ1) is 25.1. The Morgan fingerprint density at radius 2 is 1.56 bits per heavy atom. The standard InChI is InChI=1S/C20H37N3O4/c1-9-10-18(25)22(7)15(6)20(27)23(8)17(11-13(2)3)19(26)21-16(12-24)14(4)5/h12-17H,9-11H2,1-8H3,(H,21,26)/t15-,16-,17?/m1/s1. The van der Waals surface area contributed by atoms with E-state index in [0.717, 1.165) is 6.29 Å². The first-order valence-corrected chi connectivity index (χ1v) is 9.75. The van der Waals surface area contributed by atoms with E-state index in [1.54, 1.807) is 21.0 Å². The number of aldehydes is 1. The summed E-state index contributed by atoms with van der Waals surface area (Å²) in [5, 5.41) is 2.74. The molecule has 0 saturated carbocycles. The molecule has 7 heteroatoms. The molecule has 0 aliphatic rings. The van der Waals surface area contributed by atoms with Gasteiger partial charge in [0.2, 0.25) is 17.7 Å². The molecule has 27 heavy (non-hydrogen) atoms. The molecule has 156 valence electrons. The van der Waals surface area contributed by atoms with Crippen molar-refractivity contribution in [1.29, 1.82) is 0 Å². The van der Waals surface area contributed by atoms with Gasteiger partial charge in [0.05, 0.1) is 6.04 Å². The highest BCUT2D eigenvalue weighted by Gasteiger charge is 2.33. The molecule has 0 aliphatic heterocycles. The van der Waals surface area contributed by atoms with Crippen LogP contribution in [-0.4, -0.2) is 66.0 Å². The smallest absolute Gasteiger partial charge is 0.245 e. The molecule has 0 fully saturated rings. The molecular formula is C20H37N3O4. The number of carbonyl (C=O) groups excluding carboxylic acids is 4. The average molecular weight is 384 g/mol. The molecule has 0 radical (unpaired) electrons. The van der Waals surface area contributed by atoms with Gasteiger partial charge in [-0.3, -0.25) is 14.4 Å². The third-order valence-corrected chi connectivity index (χ3v) is 4.78. The minimum atomic E-state index is -0.698. The molecule has 0 aromatic carbocycles. The van der Waals surface area contributed by atoms with Crippen LogP contribution in [0.5, 0.6) is 0 Å². The molecule has 0 aromatic heterocycles. The zero-order chi connectivity index (χ0) is 21.3. The highest BCUT2D eigenvalue weighted by atomic mass is 16.2. The maximum absolute atomic E-state index is 12.9. The van der Waals surface area contributed by atoms with E-state index in [2.05, 4.69) is 5.32 Å². The summed E-state index contributed by atoms with van der Waals surface area (Å²) in [5.74, 6) is -0.601. The first-order valence-electron chi connectivity index (χ1n) is 9.75. The Balaban J connectivity index is 5.37. The van der Waals surface area contributed by atoms with Crippen LogP contribution in [-0.2, 0) is 19.2 Å². The van der Waals surface area contributed by atoms with Crippen molar-refractivity contribution in [2.45, 2.75) is 78.9 Å². The number of likely N-dealkylation sites (N-methyl/N-ethyl adjacent to an activating group) is 2. The predicted octanol–water partition coefficient (Wildman–Crippen LogP) is 1.85. The molecule has 0 bridgehead atoms. The Hall–Kier alpha value is -1.92. The largest absolute Gasteiger partial charge is 0.345 e. The minimum Gasteiger partial charge on any atom is -0.345 e. The van der Waals surface area contributed by atoms with E-state index in [-0.39, 0.29) is 29.6 Å². The molecule has 0 saturated heterocycles. The van der Waals surface area contributed by atoms with E-state index in [9.17, 15) is 19.2 Å². The minimum absolute atomic E-state index is 0.0381. The molecule has 0 rings (SSSR count). The van der Waals surface area contributed by atoms with Crippen molar-refractivity contribution in [3.05, 3.63) is 0 Å². The Labute approximate surface area is 163 Å². The Morgan fingerprint density at radius 3 is 1.96 bits per heavy atom. The number of nitrogens with zero attached hydrogens (tertiary/aromatic N) is 2. The first-order chi connectivity index (χ1) is 12.5. The van der Waals surface area contributed by atoms with Crippen LogP contribution in [0.3, 0.4) is 0 Å². The lowest BCUT2D eigenvalue weighted by molar-refractivity contribution is -0.147. The van der Waals surface area contributed by atoms with Crippen LogP contribution in [0.25, 0.3) is 0 Å². The second kappa shape index (κ2) is 11.7. The van der Waals surface area contributed by atoms with Crippen LogP contribution in [0.4, 0.5) is 0 Å². The second-order valence-electron chi connectivity index (χ2n) is 7.94. The summed E-state index contributed by atoms with van der Waals surface area (Å²) in [4.78, 5) is 51.8. The molecule has 7 nitrogen and oxygen atoms in total. The highest BCUT2D eigenvalue weighted by molar-refractivity contribution is 5.92. The van der Waals surface area contributed by atoms with Crippen LogP contribution in [0.2, 0.25) is 0 Å². The highest BCUT2D eigenvalue weighted by Crippen LogP contribution is 2.15. The van der Waals surface area contributed by atoms with Gasteiger partial charge in [-0.2, -0.15) is 0 Å². The van der Waals surface area contributed by atoms with Gasteiger partial charge in [0, 0.05) is 20.5 Å². The van der Waals surface area contributed by atoms with Gasteiger partial charge in [-0.15, -0.1) is 0 Å². The molecule has 0 heterocycles. The Kier molecular flexibility index (Phi) is 10.9. The fraction of sp³-hybridized carbons (Fsp3) is 0.800. The lowest BCUT2D eigenvalue weighted by Crippen LogP contribution is -2.56. The van der Waals surface area contributed by atoms with Crippen LogP contribution in [0.1, 0.15) is 60.8 Å². The number of carbonyl (C=O) groups is 4. The van der Waals surface area contributed by atoms with Gasteiger partial charge in [0.15, 0.2) is 0 Å². The van der Waals surface area contributed by atoms with Crippen molar-refractivity contribution in [1.82, 2.24) is 15.1 Å². The molecule has 1 unspecified atom stereocenters. The van der Waals surface area contributed by atoms with Crippen molar-refractivity contribution in [3.8, 4) is 0 Å². The summed E-state index contributed by atoms with van der Waals surface area (Å²) in [6.07, 6.45) is 2.28. The number of hydrogen-bond acceptors (Lipinski definition) is 4. The molecule has 3 atom stereocenters. The zero-order valence-corrected chi connectivity index (χ0v) is 18.1. The van der Waals surface area contributed by atoms with Crippen LogP contribution < -0.4 is 5.32 Å². The number of amides is 3. The maximum atomic E-state index is 12.9. The molecule has 0 spiro atoms. The van der Waals surface area contributed by atoms with Crippen molar-refractivity contribution < 1.29 is 19.2 Å². The number of hydrogen-bond donors (Lipinski definition) is 1. The fourth-order valence-corrected chi connectivity index (χ4v) is 2.73. The summed E-state index contributed by atoms with van der Waals surface area (Å²) in [6, 6.07) is -1.96. The second-order valence-corrected chi connectivity index (χ2v) is 7.94. The van der Waals surface area contributed by atoms with Crippen LogP contribution in [0.15, 0.2) is 0 Å². The van der Waals surface area contributed by atoms with E-state index in [0.29, 0.717) is 19.3 Å². The third-order valence-electron chi connectivity index (χ3n) is 4.78. The maximum Gasteiger partial charge on any atom is 0.245 e. The lowest BCUT2D eigenvalue weighted by Gasteiger charge is -2.34.